The molecule has 1 amide bonds. The predicted molar refractivity (Wildman–Crippen MR) is 95.2 cm³/mol. The average molecular weight is 343 g/mol. The molecule has 1 heterocycles. The number of aliphatic hydroxyl groups is 1. The zero-order valence-corrected chi connectivity index (χ0v) is 14.7. The van der Waals surface area contributed by atoms with Crippen molar-refractivity contribution in [1.29, 1.82) is 0 Å². The summed E-state index contributed by atoms with van der Waals surface area (Å²) >= 11 is 0. The van der Waals surface area contributed by atoms with E-state index in [1.807, 2.05) is 31.2 Å². The summed E-state index contributed by atoms with van der Waals surface area (Å²) in [5.74, 6) is 0.864. The first-order valence-corrected chi connectivity index (χ1v) is 8.75. The van der Waals surface area contributed by atoms with Gasteiger partial charge in [-0.1, -0.05) is 25.0 Å². The van der Waals surface area contributed by atoms with Crippen LogP contribution in [0.3, 0.4) is 0 Å². The Hall–Kier alpha value is -2.34. The summed E-state index contributed by atoms with van der Waals surface area (Å²) in [5.41, 5.74) is 2.04. The Bertz CT molecular complexity index is 735. The minimum atomic E-state index is -0.191. The lowest BCUT2D eigenvalue weighted by atomic mass is 9.98. The second-order valence-electron chi connectivity index (χ2n) is 6.53. The number of aromatic nitrogens is 2. The smallest absolute Gasteiger partial charge is 0.255 e. The standard InChI is InChI=1S/C19H25N3O3/c1-13-15(19(24)21-16(12-23)14-7-3-4-8-14)11-20-22(13)17-9-5-6-10-18(17)25-2/h5-6,9-11,14,16,23H,3-4,7-8,12H2,1-2H3,(H,21,24). The summed E-state index contributed by atoms with van der Waals surface area (Å²) in [4.78, 5) is 12.7. The SMILES string of the molecule is COc1ccccc1-n1ncc(C(=O)NC(CO)C2CCCC2)c1C. The Kier molecular flexibility index (Phi) is 5.38. The zero-order chi connectivity index (χ0) is 17.8. The molecule has 1 atom stereocenters. The lowest BCUT2D eigenvalue weighted by Gasteiger charge is -2.22. The molecule has 6 heteroatoms. The van der Waals surface area contributed by atoms with E-state index in [9.17, 15) is 9.90 Å². The van der Waals surface area contributed by atoms with Gasteiger partial charge in [0.2, 0.25) is 0 Å². The fourth-order valence-electron chi connectivity index (χ4n) is 3.60. The van der Waals surface area contributed by atoms with Gasteiger partial charge in [-0.3, -0.25) is 4.79 Å². The maximum atomic E-state index is 12.7. The number of methoxy groups -OCH3 is 1. The van der Waals surface area contributed by atoms with Gasteiger partial charge in [0.15, 0.2) is 0 Å². The quantitative estimate of drug-likeness (QED) is 0.845. The zero-order valence-electron chi connectivity index (χ0n) is 14.7. The highest BCUT2D eigenvalue weighted by Crippen LogP contribution is 2.28. The summed E-state index contributed by atoms with van der Waals surface area (Å²) in [6.07, 6.45) is 6.03. The molecule has 1 aliphatic rings. The van der Waals surface area contributed by atoms with Gasteiger partial charge in [-0.05, 0) is 37.8 Å². The van der Waals surface area contributed by atoms with Crippen LogP contribution in [-0.2, 0) is 0 Å². The van der Waals surface area contributed by atoms with Crippen LogP contribution < -0.4 is 10.1 Å². The molecule has 0 bridgehead atoms. The molecule has 1 fully saturated rings. The summed E-state index contributed by atoms with van der Waals surface area (Å²) in [6.45, 7) is 1.83. The number of ether oxygens (including phenoxy) is 1. The molecule has 1 aromatic heterocycles. The molecule has 2 N–H and O–H groups in total. The normalized spacial score (nSPS) is 16.0. The van der Waals surface area contributed by atoms with E-state index in [1.165, 1.54) is 12.8 Å². The van der Waals surface area contributed by atoms with Crippen molar-refractivity contribution in [3.8, 4) is 11.4 Å². The molecule has 0 saturated heterocycles. The fraction of sp³-hybridized carbons (Fsp3) is 0.474. The summed E-state index contributed by atoms with van der Waals surface area (Å²) in [7, 11) is 1.61. The number of hydrogen-bond donors (Lipinski definition) is 2. The topological polar surface area (TPSA) is 76.4 Å². The van der Waals surface area contributed by atoms with Crippen LogP contribution in [0.4, 0.5) is 0 Å². The number of benzene rings is 1. The van der Waals surface area contributed by atoms with Crippen LogP contribution in [0.25, 0.3) is 5.69 Å². The molecule has 1 aliphatic carbocycles. The second-order valence-corrected chi connectivity index (χ2v) is 6.53. The number of nitrogens with zero attached hydrogens (tertiary/aromatic N) is 2. The Labute approximate surface area is 147 Å². The molecule has 1 unspecified atom stereocenters. The molecule has 134 valence electrons. The minimum absolute atomic E-state index is 0.0316. The van der Waals surface area contributed by atoms with E-state index in [2.05, 4.69) is 10.4 Å². The average Bonchev–Trinajstić information content (AvgIpc) is 3.29. The second kappa shape index (κ2) is 7.70. The molecule has 2 aromatic rings. The van der Waals surface area contributed by atoms with Crippen LogP contribution >= 0.6 is 0 Å². The monoisotopic (exact) mass is 343 g/mol. The van der Waals surface area contributed by atoms with Crippen molar-refractivity contribution in [3.05, 3.63) is 41.7 Å². The summed E-state index contributed by atoms with van der Waals surface area (Å²) in [6, 6.07) is 7.36. The highest BCUT2D eigenvalue weighted by atomic mass is 16.5. The number of carbonyl (C=O) groups is 1. The van der Waals surface area contributed by atoms with Gasteiger partial charge in [-0.2, -0.15) is 5.10 Å². The molecule has 6 nitrogen and oxygen atoms in total. The van der Waals surface area contributed by atoms with Gasteiger partial charge in [0.1, 0.15) is 11.4 Å². The van der Waals surface area contributed by atoms with E-state index in [0.29, 0.717) is 17.2 Å². The first kappa shape index (κ1) is 17.5. The third-order valence-corrected chi connectivity index (χ3v) is 5.05. The largest absolute Gasteiger partial charge is 0.494 e. The van der Waals surface area contributed by atoms with Gasteiger partial charge >= 0.3 is 0 Å². The predicted octanol–water partition coefficient (Wildman–Crippen LogP) is 2.47. The van der Waals surface area contributed by atoms with Crippen LogP contribution in [0, 0.1) is 12.8 Å². The Morgan fingerprint density at radius 3 is 2.80 bits per heavy atom. The first-order chi connectivity index (χ1) is 12.2. The lowest BCUT2D eigenvalue weighted by molar-refractivity contribution is 0.0888. The Morgan fingerprint density at radius 2 is 2.12 bits per heavy atom. The molecule has 1 saturated carbocycles. The molecule has 1 aromatic carbocycles. The van der Waals surface area contributed by atoms with Crippen molar-refractivity contribution in [2.45, 2.75) is 38.6 Å². The molecule has 3 rings (SSSR count). The number of rotatable bonds is 6. The minimum Gasteiger partial charge on any atom is -0.494 e. The van der Waals surface area contributed by atoms with E-state index in [1.54, 1.807) is 18.0 Å². The van der Waals surface area contributed by atoms with Crippen LogP contribution in [0.1, 0.15) is 41.7 Å². The Balaban J connectivity index is 1.81. The third-order valence-electron chi connectivity index (χ3n) is 5.05. The van der Waals surface area contributed by atoms with Crippen molar-refractivity contribution >= 4 is 5.91 Å². The van der Waals surface area contributed by atoms with Crippen LogP contribution in [0.2, 0.25) is 0 Å². The number of amides is 1. The molecule has 25 heavy (non-hydrogen) atoms. The van der Waals surface area contributed by atoms with Gasteiger partial charge in [-0.25, -0.2) is 4.68 Å². The van der Waals surface area contributed by atoms with Crippen molar-refractivity contribution < 1.29 is 14.6 Å². The van der Waals surface area contributed by atoms with Crippen molar-refractivity contribution in [2.75, 3.05) is 13.7 Å². The number of aliphatic hydroxyl groups excluding tert-OH is 1. The maximum Gasteiger partial charge on any atom is 0.255 e. The van der Waals surface area contributed by atoms with Crippen molar-refractivity contribution in [2.24, 2.45) is 5.92 Å². The number of para-hydroxylation sites is 2. The van der Waals surface area contributed by atoms with Crippen molar-refractivity contribution in [3.63, 3.8) is 0 Å². The summed E-state index contributed by atoms with van der Waals surface area (Å²) < 4.78 is 7.09. The van der Waals surface area contributed by atoms with Gasteiger partial charge in [0.05, 0.1) is 37.2 Å². The fourth-order valence-corrected chi connectivity index (χ4v) is 3.60. The number of nitrogens with one attached hydrogen (secondary N) is 1. The number of carbonyl (C=O) groups excluding carboxylic acids is 1. The summed E-state index contributed by atoms with van der Waals surface area (Å²) in [5, 5.41) is 17.0. The Morgan fingerprint density at radius 1 is 1.40 bits per heavy atom. The van der Waals surface area contributed by atoms with E-state index in [-0.39, 0.29) is 18.6 Å². The lowest BCUT2D eigenvalue weighted by Crippen LogP contribution is -2.42. The third kappa shape index (κ3) is 3.54. The van der Waals surface area contributed by atoms with Gasteiger partial charge < -0.3 is 15.2 Å². The number of hydrogen-bond acceptors (Lipinski definition) is 4. The van der Waals surface area contributed by atoms with Gasteiger partial charge in [0.25, 0.3) is 5.91 Å². The first-order valence-electron chi connectivity index (χ1n) is 8.75. The van der Waals surface area contributed by atoms with Crippen LogP contribution in [-0.4, -0.2) is 40.6 Å². The molecular formula is C19H25N3O3. The van der Waals surface area contributed by atoms with Crippen LogP contribution in [0.5, 0.6) is 5.75 Å². The van der Waals surface area contributed by atoms with Crippen molar-refractivity contribution in [1.82, 2.24) is 15.1 Å². The molecule has 0 aliphatic heterocycles. The molecular weight excluding hydrogens is 318 g/mol. The maximum absolute atomic E-state index is 12.7. The van der Waals surface area contributed by atoms with E-state index in [0.717, 1.165) is 24.2 Å². The molecule has 0 radical (unpaired) electrons. The highest BCUT2D eigenvalue weighted by molar-refractivity contribution is 5.95. The van der Waals surface area contributed by atoms with Gasteiger partial charge in [-0.15, -0.1) is 0 Å². The van der Waals surface area contributed by atoms with Crippen LogP contribution in [0.15, 0.2) is 30.5 Å². The molecule has 0 spiro atoms. The van der Waals surface area contributed by atoms with E-state index in [4.69, 9.17) is 4.74 Å². The van der Waals surface area contributed by atoms with E-state index < -0.39 is 0 Å². The van der Waals surface area contributed by atoms with E-state index >= 15 is 0 Å². The van der Waals surface area contributed by atoms with Gasteiger partial charge in [0, 0.05) is 0 Å². The highest BCUT2D eigenvalue weighted by Gasteiger charge is 2.27.